The van der Waals surface area contributed by atoms with Gasteiger partial charge in [0.2, 0.25) is 0 Å². The molecule has 96 valence electrons. The quantitative estimate of drug-likeness (QED) is 0.793. The highest BCUT2D eigenvalue weighted by Gasteiger charge is 2.16. The van der Waals surface area contributed by atoms with E-state index in [0.29, 0.717) is 0 Å². The predicted molar refractivity (Wildman–Crippen MR) is 73.4 cm³/mol. The highest BCUT2D eigenvalue weighted by molar-refractivity contribution is 5.46. The maximum absolute atomic E-state index is 9.07. The molecule has 0 fully saturated rings. The maximum Gasteiger partial charge on any atom is 0.0608 e. The van der Waals surface area contributed by atoms with Crippen LogP contribution in [0.25, 0.3) is 0 Å². The summed E-state index contributed by atoms with van der Waals surface area (Å²) in [5.74, 6) is 0. The minimum Gasteiger partial charge on any atom is -0.394 e. The summed E-state index contributed by atoms with van der Waals surface area (Å²) in [7, 11) is 2.08. The minimum absolute atomic E-state index is 0.0429. The number of aliphatic hydroxyl groups is 1. The van der Waals surface area contributed by atoms with E-state index in [-0.39, 0.29) is 6.61 Å². The Morgan fingerprint density at radius 2 is 1.88 bits per heavy atom. The summed E-state index contributed by atoms with van der Waals surface area (Å²) in [5.41, 5.74) is 7.94. The van der Waals surface area contributed by atoms with Crippen molar-refractivity contribution < 1.29 is 5.11 Å². The number of rotatable bonds is 6. The van der Waals surface area contributed by atoms with Gasteiger partial charge in [-0.25, -0.2) is 0 Å². The van der Waals surface area contributed by atoms with Gasteiger partial charge in [-0.2, -0.15) is 0 Å². The number of aliphatic hydroxyl groups excluding tert-OH is 1. The molecular formula is C14H24N2O. The zero-order chi connectivity index (χ0) is 12.9. The predicted octanol–water partition coefficient (Wildman–Crippen LogP) is 1.92. The van der Waals surface area contributed by atoms with Crippen LogP contribution >= 0.6 is 0 Å². The van der Waals surface area contributed by atoms with Gasteiger partial charge in [0.25, 0.3) is 0 Å². The van der Waals surface area contributed by atoms with E-state index in [4.69, 9.17) is 10.8 Å². The lowest BCUT2D eigenvalue weighted by atomic mass is 9.98. The van der Waals surface area contributed by atoms with Crippen molar-refractivity contribution in [2.45, 2.75) is 32.2 Å². The van der Waals surface area contributed by atoms with Crippen molar-refractivity contribution >= 4 is 5.69 Å². The van der Waals surface area contributed by atoms with E-state index in [1.54, 1.807) is 0 Å². The first kappa shape index (κ1) is 14.0. The summed E-state index contributed by atoms with van der Waals surface area (Å²) < 4.78 is 0. The Kier molecular flexibility index (Phi) is 4.97. The molecule has 3 N–H and O–H groups in total. The number of hydrogen-bond donors (Lipinski definition) is 2. The number of aryl methyl sites for hydroxylation is 1. The van der Waals surface area contributed by atoms with Gasteiger partial charge in [0.1, 0.15) is 0 Å². The molecule has 0 saturated carbocycles. The summed E-state index contributed by atoms with van der Waals surface area (Å²) in [5, 5.41) is 9.07. The van der Waals surface area contributed by atoms with Crippen LogP contribution in [0.5, 0.6) is 0 Å². The SMILES string of the molecule is Cc1ccc(N(C)CCCC(C)(N)CO)cc1. The second-order valence-electron chi connectivity index (χ2n) is 5.17. The lowest BCUT2D eigenvalue weighted by Crippen LogP contribution is -2.40. The lowest BCUT2D eigenvalue weighted by Gasteiger charge is -2.24. The summed E-state index contributed by atoms with van der Waals surface area (Å²) in [6, 6.07) is 8.49. The standard InChI is InChI=1S/C14H24N2O/c1-12-5-7-13(8-6-12)16(3)10-4-9-14(2,15)11-17/h5-8,17H,4,9-11,15H2,1-3H3. The first-order valence-electron chi connectivity index (χ1n) is 6.12. The molecule has 0 aromatic heterocycles. The van der Waals surface area contributed by atoms with Gasteiger partial charge in [0.05, 0.1) is 6.61 Å². The van der Waals surface area contributed by atoms with Crippen LogP contribution < -0.4 is 10.6 Å². The fraction of sp³-hybridized carbons (Fsp3) is 0.571. The highest BCUT2D eigenvalue weighted by atomic mass is 16.3. The van der Waals surface area contributed by atoms with Crippen LogP contribution in [-0.2, 0) is 0 Å². The second kappa shape index (κ2) is 6.03. The van der Waals surface area contributed by atoms with Gasteiger partial charge in [-0.05, 0) is 38.8 Å². The molecule has 1 unspecified atom stereocenters. The molecule has 3 heteroatoms. The third kappa shape index (κ3) is 4.75. The van der Waals surface area contributed by atoms with Crippen LogP contribution in [0.3, 0.4) is 0 Å². The molecule has 0 spiro atoms. The van der Waals surface area contributed by atoms with Gasteiger partial charge in [0.15, 0.2) is 0 Å². The normalized spacial score (nSPS) is 14.4. The molecule has 0 heterocycles. The highest BCUT2D eigenvalue weighted by Crippen LogP contribution is 2.15. The zero-order valence-corrected chi connectivity index (χ0v) is 11.1. The van der Waals surface area contributed by atoms with Gasteiger partial charge < -0.3 is 15.7 Å². The van der Waals surface area contributed by atoms with E-state index >= 15 is 0 Å². The largest absolute Gasteiger partial charge is 0.394 e. The summed E-state index contributed by atoms with van der Waals surface area (Å²) >= 11 is 0. The molecule has 1 aromatic rings. The Balaban J connectivity index is 2.40. The molecule has 0 amide bonds. The first-order chi connectivity index (χ1) is 7.94. The maximum atomic E-state index is 9.07. The van der Waals surface area contributed by atoms with Crippen LogP contribution in [0.1, 0.15) is 25.3 Å². The Morgan fingerprint density at radius 3 is 2.41 bits per heavy atom. The third-order valence-electron chi connectivity index (χ3n) is 3.08. The van der Waals surface area contributed by atoms with Crippen molar-refractivity contribution in [1.29, 1.82) is 0 Å². The van der Waals surface area contributed by atoms with E-state index in [0.717, 1.165) is 19.4 Å². The molecule has 0 bridgehead atoms. The van der Waals surface area contributed by atoms with E-state index in [1.807, 2.05) is 6.92 Å². The minimum atomic E-state index is -0.450. The molecule has 0 aliphatic carbocycles. The Morgan fingerprint density at radius 1 is 1.29 bits per heavy atom. The number of anilines is 1. The number of benzene rings is 1. The van der Waals surface area contributed by atoms with Crippen LogP contribution in [0.15, 0.2) is 24.3 Å². The average molecular weight is 236 g/mol. The molecule has 1 rings (SSSR count). The van der Waals surface area contributed by atoms with Gasteiger partial charge in [0, 0.05) is 24.8 Å². The molecule has 1 atom stereocenters. The van der Waals surface area contributed by atoms with E-state index in [9.17, 15) is 0 Å². The molecule has 0 aliphatic rings. The van der Waals surface area contributed by atoms with Gasteiger partial charge in [-0.15, -0.1) is 0 Å². The van der Waals surface area contributed by atoms with Crippen molar-refractivity contribution in [3.8, 4) is 0 Å². The lowest BCUT2D eigenvalue weighted by molar-refractivity contribution is 0.199. The van der Waals surface area contributed by atoms with E-state index in [2.05, 4.69) is 43.1 Å². The van der Waals surface area contributed by atoms with Gasteiger partial charge in [-0.3, -0.25) is 0 Å². The molecule has 0 saturated heterocycles. The summed E-state index contributed by atoms with van der Waals surface area (Å²) in [6.07, 6.45) is 1.82. The first-order valence-corrected chi connectivity index (χ1v) is 6.12. The van der Waals surface area contributed by atoms with Crippen molar-refractivity contribution in [1.82, 2.24) is 0 Å². The summed E-state index contributed by atoms with van der Waals surface area (Å²) in [4.78, 5) is 2.22. The number of hydrogen-bond acceptors (Lipinski definition) is 3. The third-order valence-corrected chi connectivity index (χ3v) is 3.08. The molecule has 0 aliphatic heterocycles. The number of nitrogens with zero attached hydrogens (tertiary/aromatic N) is 1. The van der Waals surface area contributed by atoms with Crippen LogP contribution in [0.4, 0.5) is 5.69 Å². The smallest absolute Gasteiger partial charge is 0.0608 e. The average Bonchev–Trinajstić information content (AvgIpc) is 2.29. The zero-order valence-electron chi connectivity index (χ0n) is 11.1. The van der Waals surface area contributed by atoms with E-state index in [1.165, 1.54) is 11.3 Å². The molecule has 1 aromatic carbocycles. The molecule has 17 heavy (non-hydrogen) atoms. The van der Waals surface area contributed by atoms with Crippen LogP contribution in [0, 0.1) is 6.92 Å². The van der Waals surface area contributed by atoms with Crippen molar-refractivity contribution in [2.24, 2.45) is 5.73 Å². The van der Waals surface area contributed by atoms with Crippen molar-refractivity contribution in [2.75, 3.05) is 25.1 Å². The monoisotopic (exact) mass is 236 g/mol. The second-order valence-corrected chi connectivity index (χ2v) is 5.17. The fourth-order valence-corrected chi connectivity index (χ4v) is 1.73. The molecule has 0 radical (unpaired) electrons. The topological polar surface area (TPSA) is 49.5 Å². The fourth-order valence-electron chi connectivity index (χ4n) is 1.73. The Bertz CT molecular complexity index is 333. The summed E-state index contributed by atoms with van der Waals surface area (Å²) in [6.45, 7) is 4.97. The van der Waals surface area contributed by atoms with Crippen LogP contribution in [0.2, 0.25) is 0 Å². The van der Waals surface area contributed by atoms with Crippen LogP contribution in [-0.4, -0.2) is 30.8 Å². The Labute approximate surface area is 104 Å². The number of nitrogens with two attached hydrogens (primary N) is 1. The van der Waals surface area contributed by atoms with E-state index < -0.39 is 5.54 Å². The molecule has 3 nitrogen and oxygen atoms in total. The van der Waals surface area contributed by atoms with Crippen molar-refractivity contribution in [3.63, 3.8) is 0 Å². The van der Waals surface area contributed by atoms with Crippen molar-refractivity contribution in [3.05, 3.63) is 29.8 Å². The molecular weight excluding hydrogens is 212 g/mol. The Hall–Kier alpha value is -1.06. The van der Waals surface area contributed by atoms with Gasteiger partial charge >= 0.3 is 0 Å². The van der Waals surface area contributed by atoms with Gasteiger partial charge in [-0.1, -0.05) is 17.7 Å².